The highest BCUT2D eigenvalue weighted by molar-refractivity contribution is 7.84. The molecule has 0 aromatic heterocycles. The molecule has 1 atom stereocenters. The SMILES string of the molecule is CC1=CC(C)NS(=O)(=O)O1.CC[N+](C)(C)CCOCCOC. The van der Waals surface area contributed by atoms with Crippen LogP contribution in [0, 0.1) is 0 Å². The van der Waals surface area contributed by atoms with Crippen LogP contribution in [-0.2, 0) is 24.0 Å². The van der Waals surface area contributed by atoms with Crippen molar-refractivity contribution in [3.8, 4) is 0 Å². The molecule has 1 heterocycles. The molecule has 0 saturated heterocycles. The molecule has 1 unspecified atom stereocenters. The minimum absolute atomic E-state index is 0.168. The lowest BCUT2D eigenvalue weighted by Gasteiger charge is -2.27. The van der Waals surface area contributed by atoms with Gasteiger partial charge in [-0.2, -0.15) is 13.1 Å². The molecule has 22 heavy (non-hydrogen) atoms. The summed E-state index contributed by atoms with van der Waals surface area (Å²) >= 11 is 0. The summed E-state index contributed by atoms with van der Waals surface area (Å²) in [6.07, 6.45) is 1.70. The van der Waals surface area contributed by atoms with Crippen LogP contribution in [0.5, 0.6) is 0 Å². The number of rotatable bonds is 7. The standard InChI is InChI=1S/C9H22NO2.C5H9NO3S/c1-5-10(2,3)6-7-12-9-8-11-4;1-4-3-5(2)9-10(7,8)6-4/h5-9H2,1-4H3;3-4,6H,1-2H3/q+1;. The second kappa shape index (κ2) is 10.2. The maximum absolute atomic E-state index is 10.7. The summed E-state index contributed by atoms with van der Waals surface area (Å²) < 4.78 is 39.4. The summed E-state index contributed by atoms with van der Waals surface area (Å²) in [4.78, 5) is 0. The Bertz CT molecular complexity index is 435. The van der Waals surface area contributed by atoms with Crippen LogP contribution in [0.25, 0.3) is 0 Å². The van der Waals surface area contributed by atoms with E-state index in [4.69, 9.17) is 9.47 Å². The Morgan fingerprint density at radius 3 is 2.41 bits per heavy atom. The van der Waals surface area contributed by atoms with Gasteiger partial charge in [0.2, 0.25) is 0 Å². The summed E-state index contributed by atoms with van der Waals surface area (Å²) in [5, 5.41) is 0. The van der Waals surface area contributed by atoms with E-state index in [0.717, 1.165) is 24.2 Å². The minimum atomic E-state index is -3.50. The predicted molar refractivity (Wildman–Crippen MR) is 86.6 cm³/mol. The molecule has 7 nitrogen and oxygen atoms in total. The second-order valence-electron chi connectivity index (χ2n) is 5.80. The number of nitrogens with zero attached hydrogens (tertiary/aromatic N) is 1. The van der Waals surface area contributed by atoms with Crippen molar-refractivity contribution in [2.24, 2.45) is 0 Å². The Hall–Kier alpha value is -0.670. The molecule has 0 saturated carbocycles. The number of ether oxygens (including phenoxy) is 2. The molecule has 1 rings (SSSR count). The summed E-state index contributed by atoms with van der Waals surface area (Å²) in [7, 11) is 2.61. The maximum atomic E-state index is 10.7. The van der Waals surface area contributed by atoms with Crippen molar-refractivity contribution in [2.75, 3.05) is 54.1 Å². The average Bonchev–Trinajstić information content (AvgIpc) is 2.36. The van der Waals surface area contributed by atoms with Crippen LogP contribution in [0.1, 0.15) is 20.8 Å². The summed E-state index contributed by atoms with van der Waals surface area (Å²) in [6, 6.07) is -0.168. The Labute approximate surface area is 135 Å². The van der Waals surface area contributed by atoms with E-state index in [1.165, 1.54) is 0 Å². The predicted octanol–water partition coefficient (Wildman–Crippen LogP) is 0.889. The minimum Gasteiger partial charge on any atom is -0.382 e. The molecule has 0 radical (unpaired) electrons. The maximum Gasteiger partial charge on any atom is 0.382 e. The summed E-state index contributed by atoms with van der Waals surface area (Å²) in [5.41, 5.74) is 0. The quantitative estimate of drug-likeness (QED) is 0.551. The van der Waals surface area contributed by atoms with E-state index in [9.17, 15) is 8.42 Å². The van der Waals surface area contributed by atoms with Crippen LogP contribution in [0.2, 0.25) is 0 Å². The monoisotopic (exact) mass is 339 g/mol. The van der Waals surface area contributed by atoms with Crippen molar-refractivity contribution in [1.82, 2.24) is 4.72 Å². The zero-order valence-corrected chi connectivity index (χ0v) is 15.4. The molecule has 0 spiro atoms. The van der Waals surface area contributed by atoms with Crippen molar-refractivity contribution in [3.63, 3.8) is 0 Å². The van der Waals surface area contributed by atoms with Gasteiger partial charge >= 0.3 is 10.3 Å². The fourth-order valence-corrected chi connectivity index (χ4v) is 2.53. The lowest BCUT2D eigenvalue weighted by Crippen LogP contribution is -2.42. The highest BCUT2D eigenvalue weighted by Gasteiger charge is 2.19. The van der Waals surface area contributed by atoms with Gasteiger partial charge in [0.05, 0.1) is 40.5 Å². The number of likely N-dealkylation sites (N-methyl/N-ethyl adjacent to an activating group) is 1. The molecule has 0 aliphatic carbocycles. The first-order chi connectivity index (χ1) is 10.1. The number of nitrogens with one attached hydrogen (secondary N) is 1. The van der Waals surface area contributed by atoms with Crippen LogP contribution in [0.3, 0.4) is 0 Å². The third-order valence-corrected chi connectivity index (χ3v) is 4.33. The number of hydrogen-bond donors (Lipinski definition) is 1. The van der Waals surface area contributed by atoms with Crippen LogP contribution >= 0.6 is 0 Å². The van der Waals surface area contributed by atoms with Crippen LogP contribution in [0.15, 0.2) is 11.8 Å². The first kappa shape index (κ1) is 21.3. The van der Waals surface area contributed by atoms with Crippen molar-refractivity contribution in [2.45, 2.75) is 26.8 Å². The number of allylic oxidation sites excluding steroid dienone is 1. The molecule has 0 aromatic carbocycles. The van der Waals surface area contributed by atoms with Gasteiger partial charge in [0.25, 0.3) is 0 Å². The Morgan fingerprint density at radius 1 is 1.32 bits per heavy atom. The molecule has 0 aromatic rings. The molecule has 1 aliphatic heterocycles. The van der Waals surface area contributed by atoms with Gasteiger partial charge in [0.15, 0.2) is 0 Å². The van der Waals surface area contributed by atoms with E-state index in [1.54, 1.807) is 27.0 Å². The van der Waals surface area contributed by atoms with Gasteiger partial charge < -0.3 is 18.1 Å². The van der Waals surface area contributed by atoms with Crippen molar-refractivity contribution < 1.29 is 26.6 Å². The third kappa shape index (κ3) is 11.0. The average molecular weight is 339 g/mol. The largest absolute Gasteiger partial charge is 0.382 e. The van der Waals surface area contributed by atoms with Gasteiger partial charge in [-0.3, -0.25) is 0 Å². The number of hydrogen-bond acceptors (Lipinski definition) is 5. The topological polar surface area (TPSA) is 73.9 Å². The van der Waals surface area contributed by atoms with Gasteiger partial charge in [-0.25, -0.2) is 0 Å². The lowest BCUT2D eigenvalue weighted by atomic mass is 10.3. The van der Waals surface area contributed by atoms with E-state index in [0.29, 0.717) is 19.0 Å². The van der Waals surface area contributed by atoms with Crippen LogP contribution in [0.4, 0.5) is 0 Å². The molecule has 0 fully saturated rings. The van der Waals surface area contributed by atoms with Crippen LogP contribution < -0.4 is 4.72 Å². The molecule has 0 bridgehead atoms. The summed E-state index contributed by atoms with van der Waals surface area (Å²) in [5.74, 6) is 0.422. The van der Waals surface area contributed by atoms with E-state index < -0.39 is 10.3 Å². The van der Waals surface area contributed by atoms with Gasteiger partial charge in [-0.05, 0) is 26.8 Å². The zero-order valence-electron chi connectivity index (χ0n) is 14.6. The summed E-state index contributed by atoms with van der Waals surface area (Å²) in [6.45, 7) is 9.98. The van der Waals surface area contributed by atoms with Gasteiger partial charge in [-0.1, -0.05) is 0 Å². The van der Waals surface area contributed by atoms with E-state index in [1.807, 2.05) is 0 Å². The fourth-order valence-electron chi connectivity index (χ4n) is 1.55. The van der Waals surface area contributed by atoms with Crippen molar-refractivity contribution >= 4 is 10.3 Å². The number of methoxy groups -OCH3 is 1. The third-order valence-electron chi connectivity index (χ3n) is 3.18. The van der Waals surface area contributed by atoms with E-state index in [-0.39, 0.29) is 6.04 Å². The zero-order chi connectivity index (χ0) is 17.2. The van der Waals surface area contributed by atoms with Crippen LogP contribution in [-0.4, -0.2) is 73.1 Å². The second-order valence-corrected chi connectivity index (χ2v) is 7.11. The Kier molecular flexibility index (Phi) is 9.86. The van der Waals surface area contributed by atoms with Gasteiger partial charge in [0, 0.05) is 13.2 Å². The molecule has 1 N–H and O–H groups in total. The first-order valence-electron chi connectivity index (χ1n) is 7.40. The molecular weight excluding hydrogens is 308 g/mol. The molecular formula is C14H31N2O5S+. The fraction of sp³-hybridized carbons (Fsp3) is 0.857. The van der Waals surface area contributed by atoms with Crippen molar-refractivity contribution in [3.05, 3.63) is 11.8 Å². The number of quaternary nitrogens is 1. The molecule has 0 amide bonds. The Morgan fingerprint density at radius 2 is 1.95 bits per heavy atom. The normalized spacial score (nSPS) is 20.5. The highest BCUT2D eigenvalue weighted by Crippen LogP contribution is 2.09. The highest BCUT2D eigenvalue weighted by atomic mass is 32.2. The molecule has 8 heteroatoms. The van der Waals surface area contributed by atoms with Crippen molar-refractivity contribution in [1.29, 1.82) is 0 Å². The van der Waals surface area contributed by atoms with E-state index >= 15 is 0 Å². The van der Waals surface area contributed by atoms with E-state index in [2.05, 4.69) is 29.9 Å². The molecule has 132 valence electrons. The Balaban J connectivity index is 0.000000406. The smallest absolute Gasteiger partial charge is 0.382 e. The molecule has 1 aliphatic rings. The first-order valence-corrected chi connectivity index (χ1v) is 8.81. The lowest BCUT2D eigenvalue weighted by molar-refractivity contribution is -0.888. The van der Waals surface area contributed by atoms with Gasteiger partial charge in [-0.15, -0.1) is 0 Å². The van der Waals surface area contributed by atoms with Gasteiger partial charge in [0.1, 0.15) is 12.3 Å².